The summed E-state index contributed by atoms with van der Waals surface area (Å²) < 4.78 is 10.5. The van der Waals surface area contributed by atoms with Crippen molar-refractivity contribution in [1.82, 2.24) is 5.32 Å². The summed E-state index contributed by atoms with van der Waals surface area (Å²) in [6.07, 6.45) is 1.13. The highest BCUT2D eigenvalue weighted by molar-refractivity contribution is 5.75. The SMILES string of the molecule is COc1cccc(OCCC(=O)NCCCN)c1. The van der Waals surface area contributed by atoms with Gasteiger partial charge in [0.05, 0.1) is 20.1 Å². The normalized spacial score (nSPS) is 9.89. The van der Waals surface area contributed by atoms with Gasteiger partial charge in [-0.1, -0.05) is 6.07 Å². The second-order valence-electron chi connectivity index (χ2n) is 3.77. The van der Waals surface area contributed by atoms with E-state index in [0.29, 0.717) is 31.9 Å². The summed E-state index contributed by atoms with van der Waals surface area (Å²) in [6.45, 7) is 1.55. The molecule has 0 bridgehead atoms. The van der Waals surface area contributed by atoms with Gasteiger partial charge in [-0.3, -0.25) is 4.79 Å². The number of ether oxygens (including phenoxy) is 2. The molecule has 5 heteroatoms. The third kappa shape index (κ3) is 5.54. The van der Waals surface area contributed by atoms with Crippen molar-refractivity contribution in [1.29, 1.82) is 0 Å². The fraction of sp³-hybridized carbons (Fsp3) is 0.462. The predicted octanol–water partition coefficient (Wildman–Crippen LogP) is 0.929. The molecule has 1 aromatic rings. The van der Waals surface area contributed by atoms with Gasteiger partial charge in [-0.05, 0) is 25.1 Å². The molecule has 0 unspecified atom stereocenters. The first-order chi connectivity index (χ1) is 8.76. The molecule has 3 N–H and O–H groups in total. The van der Waals surface area contributed by atoms with Crippen LogP contribution in [-0.2, 0) is 4.79 Å². The Balaban J connectivity index is 2.22. The van der Waals surface area contributed by atoms with Gasteiger partial charge in [-0.15, -0.1) is 0 Å². The van der Waals surface area contributed by atoms with E-state index in [1.54, 1.807) is 13.2 Å². The molecule has 1 aromatic carbocycles. The zero-order valence-electron chi connectivity index (χ0n) is 10.6. The number of carbonyl (C=O) groups excluding carboxylic acids is 1. The van der Waals surface area contributed by atoms with Crippen LogP contribution in [0.25, 0.3) is 0 Å². The van der Waals surface area contributed by atoms with Crippen molar-refractivity contribution in [2.45, 2.75) is 12.8 Å². The van der Waals surface area contributed by atoms with Crippen molar-refractivity contribution >= 4 is 5.91 Å². The Kier molecular flexibility index (Phi) is 6.64. The van der Waals surface area contributed by atoms with Gasteiger partial charge in [0.1, 0.15) is 11.5 Å². The molecule has 0 atom stereocenters. The molecule has 0 fully saturated rings. The van der Waals surface area contributed by atoms with Crippen LogP contribution in [0.4, 0.5) is 0 Å². The van der Waals surface area contributed by atoms with Crippen LogP contribution in [0, 0.1) is 0 Å². The lowest BCUT2D eigenvalue weighted by Gasteiger charge is -2.08. The molecule has 0 spiro atoms. The molecule has 1 amide bonds. The lowest BCUT2D eigenvalue weighted by Crippen LogP contribution is -2.27. The number of benzene rings is 1. The number of rotatable bonds is 8. The summed E-state index contributed by atoms with van der Waals surface area (Å²) in [5, 5.41) is 2.77. The zero-order valence-corrected chi connectivity index (χ0v) is 10.6. The van der Waals surface area contributed by atoms with Crippen LogP contribution in [0.1, 0.15) is 12.8 Å². The minimum absolute atomic E-state index is 0.0219. The Morgan fingerprint density at radius 3 is 2.89 bits per heavy atom. The Hall–Kier alpha value is -1.75. The van der Waals surface area contributed by atoms with E-state index in [2.05, 4.69) is 5.32 Å². The average Bonchev–Trinajstić information content (AvgIpc) is 2.39. The smallest absolute Gasteiger partial charge is 0.223 e. The number of nitrogens with two attached hydrogens (primary N) is 1. The van der Waals surface area contributed by atoms with Crippen LogP contribution in [-0.4, -0.2) is 32.7 Å². The molecule has 18 heavy (non-hydrogen) atoms. The Bertz CT molecular complexity index is 369. The third-order valence-electron chi connectivity index (χ3n) is 2.34. The van der Waals surface area contributed by atoms with Crippen LogP contribution in [0.2, 0.25) is 0 Å². The lowest BCUT2D eigenvalue weighted by atomic mass is 10.3. The molecular weight excluding hydrogens is 232 g/mol. The van der Waals surface area contributed by atoms with Gasteiger partial charge in [-0.2, -0.15) is 0 Å². The second kappa shape index (κ2) is 8.36. The van der Waals surface area contributed by atoms with Crippen LogP contribution in [0.5, 0.6) is 11.5 Å². The van der Waals surface area contributed by atoms with E-state index in [-0.39, 0.29) is 5.91 Å². The monoisotopic (exact) mass is 252 g/mol. The number of hydrogen-bond acceptors (Lipinski definition) is 4. The summed E-state index contributed by atoms with van der Waals surface area (Å²) in [6, 6.07) is 7.29. The molecule has 0 aliphatic heterocycles. The maximum Gasteiger partial charge on any atom is 0.223 e. The molecule has 0 aromatic heterocycles. The molecule has 0 radical (unpaired) electrons. The van der Waals surface area contributed by atoms with Crippen LogP contribution in [0.15, 0.2) is 24.3 Å². The maximum absolute atomic E-state index is 11.4. The van der Waals surface area contributed by atoms with Gasteiger partial charge in [0.25, 0.3) is 0 Å². The Morgan fingerprint density at radius 2 is 2.17 bits per heavy atom. The first-order valence-corrected chi connectivity index (χ1v) is 6.00. The molecule has 0 saturated carbocycles. The van der Waals surface area contributed by atoms with E-state index in [1.165, 1.54) is 0 Å². The second-order valence-corrected chi connectivity index (χ2v) is 3.77. The first-order valence-electron chi connectivity index (χ1n) is 6.00. The fourth-order valence-corrected chi connectivity index (χ4v) is 1.37. The van der Waals surface area contributed by atoms with E-state index >= 15 is 0 Å². The Morgan fingerprint density at radius 1 is 1.39 bits per heavy atom. The number of amides is 1. The summed E-state index contributed by atoms with van der Waals surface area (Å²) in [7, 11) is 1.60. The van der Waals surface area contributed by atoms with Crippen LogP contribution < -0.4 is 20.5 Å². The van der Waals surface area contributed by atoms with Crippen LogP contribution in [0.3, 0.4) is 0 Å². The number of nitrogens with one attached hydrogen (secondary N) is 1. The number of carbonyl (C=O) groups is 1. The van der Waals surface area contributed by atoms with Gasteiger partial charge < -0.3 is 20.5 Å². The third-order valence-corrected chi connectivity index (χ3v) is 2.34. The molecule has 0 heterocycles. The van der Waals surface area contributed by atoms with Crippen molar-refractivity contribution < 1.29 is 14.3 Å². The molecular formula is C13H20N2O3. The maximum atomic E-state index is 11.4. The minimum atomic E-state index is -0.0219. The molecule has 0 aliphatic carbocycles. The van der Waals surface area contributed by atoms with Crippen molar-refractivity contribution in [3.63, 3.8) is 0 Å². The lowest BCUT2D eigenvalue weighted by molar-refractivity contribution is -0.121. The topological polar surface area (TPSA) is 73.6 Å². The van der Waals surface area contributed by atoms with Crippen molar-refractivity contribution in [3.05, 3.63) is 24.3 Å². The summed E-state index contributed by atoms with van der Waals surface area (Å²) in [4.78, 5) is 11.4. The molecule has 0 aliphatic rings. The summed E-state index contributed by atoms with van der Waals surface area (Å²) >= 11 is 0. The van der Waals surface area contributed by atoms with Crippen molar-refractivity contribution in [2.24, 2.45) is 5.73 Å². The van der Waals surface area contributed by atoms with Crippen LogP contribution >= 0.6 is 0 Å². The molecule has 1 rings (SSSR count). The van der Waals surface area contributed by atoms with E-state index in [0.717, 1.165) is 12.2 Å². The van der Waals surface area contributed by atoms with E-state index < -0.39 is 0 Å². The van der Waals surface area contributed by atoms with Gasteiger partial charge in [0, 0.05) is 12.6 Å². The predicted molar refractivity (Wildman–Crippen MR) is 69.8 cm³/mol. The van der Waals surface area contributed by atoms with Crippen molar-refractivity contribution in [3.8, 4) is 11.5 Å². The highest BCUT2D eigenvalue weighted by atomic mass is 16.5. The number of hydrogen-bond donors (Lipinski definition) is 2. The average molecular weight is 252 g/mol. The standard InChI is InChI=1S/C13H20N2O3/c1-17-11-4-2-5-12(10-11)18-9-6-13(16)15-8-3-7-14/h2,4-5,10H,3,6-9,14H2,1H3,(H,15,16). The zero-order chi connectivity index (χ0) is 13.2. The first kappa shape index (κ1) is 14.3. The van der Waals surface area contributed by atoms with Gasteiger partial charge in [-0.25, -0.2) is 0 Å². The quantitative estimate of drug-likeness (QED) is 0.675. The van der Waals surface area contributed by atoms with Gasteiger partial charge in [0.2, 0.25) is 5.91 Å². The summed E-state index contributed by atoms with van der Waals surface area (Å²) in [5.74, 6) is 1.41. The highest BCUT2D eigenvalue weighted by Crippen LogP contribution is 2.18. The molecule has 100 valence electrons. The van der Waals surface area contributed by atoms with Crippen molar-refractivity contribution in [2.75, 3.05) is 26.8 Å². The minimum Gasteiger partial charge on any atom is -0.497 e. The molecule has 5 nitrogen and oxygen atoms in total. The molecule has 0 saturated heterocycles. The van der Waals surface area contributed by atoms with Gasteiger partial charge >= 0.3 is 0 Å². The highest BCUT2D eigenvalue weighted by Gasteiger charge is 2.01. The largest absolute Gasteiger partial charge is 0.497 e. The Labute approximate surface area is 107 Å². The van der Waals surface area contributed by atoms with E-state index in [4.69, 9.17) is 15.2 Å². The van der Waals surface area contributed by atoms with E-state index in [9.17, 15) is 4.79 Å². The van der Waals surface area contributed by atoms with E-state index in [1.807, 2.05) is 18.2 Å². The van der Waals surface area contributed by atoms with Gasteiger partial charge in [0.15, 0.2) is 0 Å². The summed E-state index contributed by atoms with van der Waals surface area (Å²) in [5.41, 5.74) is 5.33. The fourth-order valence-electron chi connectivity index (χ4n) is 1.37. The number of methoxy groups -OCH3 is 1.